The molecule has 1 heterocycles. The Labute approximate surface area is 187 Å². The van der Waals surface area contributed by atoms with Gasteiger partial charge in [0.05, 0.1) is 19.0 Å². The lowest BCUT2D eigenvalue weighted by Gasteiger charge is -2.26. The largest absolute Gasteiger partial charge is 0.379 e. The van der Waals surface area contributed by atoms with E-state index in [9.17, 15) is 13.2 Å². The lowest BCUT2D eigenvalue weighted by atomic mass is 10.1. The topological polar surface area (TPSA) is 75.7 Å². The van der Waals surface area contributed by atoms with Gasteiger partial charge < -0.3 is 10.1 Å². The van der Waals surface area contributed by atoms with Crippen molar-refractivity contribution in [3.63, 3.8) is 0 Å². The lowest BCUT2D eigenvalue weighted by molar-refractivity contribution is 0.0729. The number of sulfonamides is 1. The highest BCUT2D eigenvalue weighted by molar-refractivity contribution is 7.98. The van der Waals surface area contributed by atoms with Crippen LogP contribution in [0.2, 0.25) is 5.02 Å². The van der Waals surface area contributed by atoms with E-state index in [0.717, 1.165) is 22.1 Å². The van der Waals surface area contributed by atoms with Crippen molar-refractivity contribution in [1.82, 2.24) is 9.62 Å². The number of benzene rings is 2. The summed E-state index contributed by atoms with van der Waals surface area (Å²) in [6.45, 7) is 2.18. The summed E-state index contributed by atoms with van der Waals surface area (Å²) in [6.07, 6.45) is 0. The first-order chi connectivity index (χ1) is 14.4. The van der Waals surface area contributed by atoms with Crippen LogP contribution in [-0.2, 0) is 26.3 Å². The predicted octanol–water partition coefficient (Wildman–Crippen LogP) is 3.17. The van der Waals surface area contributed by atoms with Gasteiger partial charge in [-0.3, -0.25) is 4.79 Å². The van der Waals surface area contributed by atoms with E-state index in [0.29, 0.717) is 44.0 Å². The van der Waals surface area contributed by atoms with Gasteiger partial charge in [-0.15, -0.1) is 0 Å². The minimum absolute atomic E-state index is 0.0744. The summed E-state index contributed by atoms with van der Waals surface area (Å²) in [5.74, 6) is 1.38. The number of ether oxygens (including phenoxy) is 1. The maximum atomic E-state index is 12.5. The number of halogens is 1. The summed E-state index contributed by atoms with van der Waals surface area (Å²) in [6, 6.07) is 14.5. The van der Waals surface area contributed by atoms with Gasteiger partial charge in [-0.05, 0) is 35.4 Å². The van der Waals surface area contributed by atoms with Crippen molar-refractivity contribution in [2.24, 2.45) is 0 Å². The zero-order chi connectivity index (χ0) is 21.4. The molecular formula is C21H25ClN2O4S2. The average Bonchev–Trinajstić information content (AvgIpc) is 2.74. The molecule has 9 heteroatoms. The van der Waals surface area contributed by atoms with Crippen LogP contribution in [-0.4, -0.2) is 57.2 Å². The minimum Gasteiger partial charge on any atom is -0.379 e. The molecule has 0 aliphatic carbocycles. The summed E-state index contributed by atoms with van der Waals surface area (Å²) in [7, 11) is -3.37. The number of carbonyl (C=O) groups is 1. The summed E-state index contributed by atoms with van der Waals surface area (Å²) in [4.78, 5) is 12.3. The van der Waals surface area contributed by atoms with Crippen molar-refractivity contribution < 1.29 is 17.9 Å². The molecule has 0 atom stereocenters. The second-order valence-electron chi connectivity index (χ2n) is 6.90. The number of hydrogen-bond donors (Lipinski definition) is 1. The van der Waals surface area contributed by atoms with E-state index in [1.165, 1.54) is 4.31 Å². The lowest BCUT2D eigenvalue weighted by Crippen LogP contribution is -2.41. The number of amides is 1. The van der Waals surface area contributed by atoms with Crippen LogP contribution in [0.25, 0.3) is 0 Å². The first-order valence-electron chi connectivity index (χ1n) is 9.69. The first kappa shape index (κ1) is 23.1. The average molecular weight is 469 g/mol. The Morgan fingerprint density at radius 3 is 2.53 bits per heavy atom. The third-order valence-corrected chi connectivity index (χ3v) is 7.73. The van der Waals surface area contributed by atoms with Gasteiger partial charge in [0.1, 0.15) is 0 Å². The van der Waals surface area contributed by atoms with Gasteiger partial charge in [-0.1, -0.05) is 35.9 Å². The fourth-order valence-corrected chi connectivity index (χ4v) is 5.56. The van der Waals surface area contributed by atoms with E-state index in [1.54, 1.807) is 36.0 Å². The molecule has 1 amide bonds. The van der Waals surface area contributed by atoms with Crippen LogP contribution in [0.3, 0.4) is 0 Å². The smallest absolute Gasteiger partial charge is 0.251 e. The second-order valence-corrected chi connectivity index (χ2v) is 10.4. The van der Waals surface area contributed by atoms with Crippen LogP contribution in [0, 0.1) is 0 Å². The molecule has 1 saturated heterocycles. The number of nitrogens with zero attached hydrogens (tertiary/aromatic N) is 1. The van der Waals surface area contributed by atoms with Gasteiger partial charge in [0, 0.05) is 41.7 Å². The highest BCUT2D eigenvalue weighted by atomic mass is 35.5. The Hall–Kier alpha value is -1.58. The van der Waals surface area contributed by atoms with E-state index in [4.69, 9.17) is 16.3 Å². The van der Waals surface area contributed by atoms with Crippen LogP contribution in [0.1, 0.15) is 21.5 Å². The molecular weight excluding hydrogens is 444 g/mol. The molecule has 1 aliphatic heterocycles. The number of rotatable bonds is 9. The van der Waals surface area contributed by atoms with Crippen LogP contribution in [0.5, 0.6) is 0 Å². The molecule has 3 rings (SSSR count). The number of hydrogen-bond acceptors (Lipinski definition) is 5. The molecule has 162 valence electrons. The Balaban J connectivity index is 1.42. The van der Waals surface area contributed by atoms with Crippen molar-refractivity contribution in [2.45, 2.75) is 11.5 Å². The Morgan fingerprint density at radius 1 is 1.10 bits per heavy atom. The summed E-state index contributed by atoms with van der Waals surface area (Å²) in [5.41, 5.74) is 2.33. The van der Waals surface area contributed by atoms with E-state index in [2.05, 4.69) is 5.32 Å². The summed E-state index contributed by atoms with van der Waals surface area (Å²) < 4.78 is 31.6. The van der Waals surface area contributed by atoms with Gasteiger partial charge >= 0.3 is 0 Å². The maximum Gasteiger partial charge on any atom is 0.251 e. The van der Waals surface area contributed by atoms with Crippen LogP contribution in [0.4, 0.5) is 0 Å². The third-order valence-electron chi connectivity index (χ3n) is 4.62. The van der Waals surface area contributed by atoms with Crippen LogP contribution >= 0.6 is 23.4 Å². The standard InChI is InChI=1S/C21H25ClN2O4S2/c22-20-3-1-2-18(14-20)15-29-13-8-23-21(25)19-6-4-17(5-7-19)16-30(26,27)24-9-11-28-12-10-24/h1-7,14H,8-13,15-16H2,(H,23,25). The highest BCUT2D eigenvalue weighted by Crippen LogP contribution is 2.16. The minimum atomic E-state index is -3.37. The van der Waals surface area contributed by atoms with Crippen molar-refractivity contribution in [2.75, 3.05) is 38.6 Å². The first-order valence-corrected chi connectivity index (χ1v) is 12.8. The molecule has 1 aliphatic rings. The van der Waals surface area contributed by atoms with Gasteiger partial charge in [-0.2, -0.15) is 16.1 Å². The van der Waals surface area contributed by atoms with E-state index < -0.39 is 10.0 Å². The molecule has 0 unspecified atom stereocenters. The van der Waals surface area contributed by atoms with Crippen LogP contribution < -0.4 is 5.32 Å². The predicted molar refractivity (Wildman–Crippen MR) is 121 cm³/mol. The zero-order valence-electron chi connectivity index (χ0n) is 16.6. The normalized spacial score (nSPS) is 15.1. The molecule has 0 spiro atoms. The van der Waals surface area contributed by atoms with Gasteiger partial charge in [-0.25, -0.2) is 8.42 Å². The molecule has 2 aromatic rings. The van der Waals surface area contributed by atoms with E-state index >= 15 is 0 Å². The summed E-state index contributed by atoms with van der Waals surface area (Å²) in [5, 5.41) is 3.61. The fourth-order valence-electron chi connectivity index (χ4n) is 3.03. The Morgan fingerprint density at radius 2 is 1.83 bits per heavy atom. The molecule has 1 fully saturated rings. The monoisotopic (exact) mass is 468 g/mol. The molecule has 0 radical (unpaired) electrons. The summed E-state index contributed by atoms with van der Waals surface area (Å²) >= 11 is 7.69. The molecule has 0 saturated carbocycles. The van der Waals surface area contributed by atoms with Gasteiger partial charge in [0.25, 0.3) is 5.91 Å². The molecule has 2 aromatic carbocycles. The number of thioether (sulfide) groups is 1. The van der Waals surface area contributed by atoms with Crippen molar-refractivity contribution in [3.8, 4) is 0 Å². The molecule has 6 nitrogen and oxygen atoms in total. The fraction of sp³-hybridized carbons (Fsp3) is 0.381. The number of carbonyl (C=O) groups excluding carboxylic acids is 1. The molecule has 30 heavy (non-hydrogen) atoms. The van der Waals surface area contributed by atoms with Crippen molar-refractivity contribution in [1.29, 1.82) is 0 Å². The van der Waals surface area contributed by atoms with Crippen molar-refractivity contribution in [3.05, 3.63) is 70.2 Å². The van der Waals surface area contributed by atoms with Gasteiger partial charge in [0.15, 0.2) is 0 Å². The number of morpholine rings is 1. The van der Waals surface area contributed by atoms with Crippen LogP contribution in [0.15, 0.2) is 48.5 Å². The van der Waals surface area contributed by atoms with E-state index in [1.807, 2.05) is 24.3 Å². The Bertz CT molecular complexity index is 946. The van der Waals surface area contributed by atoms with Gasteiger partial charge in [0.2, 0.25) is 10.0 Å². The van der Waals surface area contributed by atoms with E-state index in [-0.39, 0.29) is 11.7 Å². The maximum absolute atomic E-state index is 12.5. The molecule has 1 N–H and O–H groups in total. The highest BCUT2D eigenvalue weighted by Gasteiger charge is 2.24. The second kappa shape index (κ2) is 11.2. The molecule has 0 aromatic heterocycles. The quantitative estimate of drug-likeness (QED) is 0.572. The zero-order valence-corrected chi connectivity index (χ0v) is 18.9. The third kappa shape index (κ3) is 6.99. The Kier molecular flexibility index (Phi) is 8.59. The molecule has 0 bridgehead atoms. The van der Waals surface area contributed by atoms with Crippen molar-refractivity contribution >= 4 is 39.3 Å². The SMILES string of the molecule is O=C(NCCSCc1cccc(Cl)c1)c1ccc(CS(=O)(=O)N2CCOCC2)cc1. The number of nitrogens with one attached hydrogen (secondary N) is 1.